The van der Waals surface area contributed by atoms with Gasteiger partial charge in [0.1, 0.15) is 12.1 Å². The van der Waals surface area contributed by atoms with Gasteiger partial charge in [-0.1, -0.05) is 30.3 Å². The number of rotatable bonds is 4. The molecule has 1 spiro atoms. The first-order valence-corrected chi connectivity index (χ1v) is 9.99. The third kappa shape index (κ3) is 4.12. The Balaban J connectivity index is 1.44. The minimum atomic E-state index is 0.196. The van der Waals surface area contributed by atoms with Crippen LogP contribution in [0.5, 0.6) is 0 Å². The summed E-state index contributed by atoms with van der Waals surface area (Å²) < 4.78 is 0. The second-order valence-corrected chi connectivity index (χ2v) is 8.09. The van der Waals surface area contributed by atoms with Crippen molar-refractivity contribution in [2.75, 3.05) is 31.1 Å². The molecule has 0 aliphatic carbocycles. The van der Waals surface area contributed by atoms with E-state index in [2.05, 4.69) is 50.1 Å². The molecule has 2 aromatic rings. The van der Waals surface area contributed by atoms with Crippen LogP contribution in [0.1, 0.15) is 36.9 Å². The quantitative estimate of drug-likeness (QED) is 0.836. The Bertz CT molecular complexity index is 794. The molecule has 1 atom stereocenters. The summed E-state index contributed by atoms with van der Waals surface area (Å²) in [5.74, 6) is 1.33. The van der Waals surface area contributed by atoms with Crippen LogP contribution in [0, 0.1) is 12.3 Å². The summed E-state index contributed by atoms with van der Waals surface area (Å²) in [6.07, 6.45) is 6.60. The minimum Gasteiger partial charge on any atom is -0.356 e. The van der Waals surface area contributed by atoms with E-state index in [0.29, 0.717) is 12.3 Å². The molecule has 3 heterocycles. The molecule has 2 fully saturated rings. The van der Waals surface area contributed by atoms with Crippen LogP contribution in [0.25, 0.3) is 0 Å². The van der Waals surface area contributed by atoms with Crippen LogP contribution in [-0.2, 0) is 11.2 Å². The highest BCUT2D eigenvalue weighted by Crippen LogP contribution is 2.39. The van der Waals surface area contributed by atoms with Crippen molar-refractivity contribution < 1.29 is 4.79 Å². The molecule has 142 valence electrons. The summed E-state index contributed by atoms with van der Waals surface area (Å²) in [6.45, 7) is 5.72. The summed E-state index contributed by atoms with van der Waals surface area (Å²) in [5.41, 5.74) is 2.50. The predicted octanol–water partition coefficient (Wildman–Crippen LogP) is 3.24. The maximum absolute atomic E-state index is 12.5. The molecular weight excluding hydrogens is 336 g/mol. The maximum atomic E-state index is 12.5. The van der Waals surface area contributed by atoms with Crippen LogP contribution in [-0.4, -0.2) is 47.0 Å². The van der Waals surface area contributed by atoms with Gasteiger partial charge in [-0.3, -0.25) is 4.79 Å². The Morgan fingerprint density at radius 2 is 1.96 bits per heavy atom. The van der Waals surface area contributed by atoms with E-state index in [9.17, 15) is 4.79 Å². The van der Waals surface area contributed by atoms with E-state index in [-0.39, 0.29) is 5.41 Å². The standard InChI is InChI=1S/C22H28N4O/c1-18-14-20(24-17-23-18)25-12-5-10-22(15-25)11-8-21(27)26(16-22)13-9-19-6-3-2-4-7-19/h2-4,6-7,14,17H,5,8-13,15-16H2,1H3. The molecule has 0 N–H and O–H groups in total. The van der Waals surface area contributed by atoms with Gasteiger partial charge in [-0.15, -0.1) is 0 Å². The number of anilines is 1. The number of likely N-dealkylation sites (tertiary alicyclic amines) is 1. The summed E-state index contributed by atoms with van der Waals surface area (Å²) >= 11 is 0. The molecule has 5 heteroatoms. The number of carbonyl (C=O) groups is 1. The lowest BCUT2D eigenvalue weighted by Gasteiger charge is -2.48. The molecule has 2 aliphatic rings. The summed E-state index contributed by atoms with van der Waals surface area (Å²) in [6, 6.07) is 12.5. The number of hydrogen-bond donors (Lipinski definition) is 0. The topological polar surface area (TPSA) is 49.3 Å². The van der Waals surface area contributed by atoms with Crippen LogP contribution >= 0.6 is 0 Å². The van der Waals surface area contributed by atoms with E-state index in [1.54, 1.807) is 6.33 Å². The number of aromatic nitrogens is 2. The first-order chi connectivity index (χ1) is 13.1. The van der Waals surface area contributed by atoms with Crippen LogP contribution in [0.2, 0.25) is 0 Å². The molecule has 0 saturated carbocycles. The SMILES string of the molecule is Cc1cc(N2CCCC3(CCC(=O)N(CCc4ccccc4)C3)C2)ncn1. The van der Waals surface area contributed by atoms with E-state index >= 15 is 0 Å². The number of hydrogen-bond acceptors (Lipinski definition) is 4. The molecule has 2 saturated heterocycles. The molecule has 2 aliphatic heterocycles. The van der Waals surface area contributed by atoms with Crippen molar-refractivity contribution in [1.82, 2.24) is 14.9 Å². The van der Waals surface area contributed by atoms with Gasteiger partial charge in [0.25, 0.3) is 0 Å². The Hall–Kier alpha value is -2.43. The lowest BCUT2D eigenvalue weighted by molar-refractivity contribution is -0.137. The average Bonchev–Trinajstić information content (AvgIpc) is 2.70. The van der Waals surface area contributed by atoms with Gasteiger partial charge in [0.05, 0.1) is 0 Å². The van der Waals surface area contributed by atoms with Gasteiger partial charge >= 0.3 is 0 Å². The van der Waals surface area contributed by atoms with Gasteiger partial charge in [-0.05, 0) is 38.2 Å². The van der Waals surface area contributed by atoms with E-state index in [1.807, 2.05) is 13.0 Å². The molecule has 1 aromatic carbocycles. The molecular formula is C22H28N4O. The highest BCUT2D eigenvalue weighted by atomic mass is 16.2. The zero-order valence-electron chi connectivity index (χ0n) is 16.1. The number of benzene rings is 1. The van der Waals surface area contributed by atoms with Crippen molar-refractivity contribution in [3.05, 3.63) is 54.0 Å². The monoisotopic (exact) mass is 364 g/mol. The van der Waals surface area contributed by atoms with Crippen molar-refractivity contribution >= 4 is 11.7 Å². The fourth-order valence-corrected chi connectivity index (χ4v) is 4.56. The average molecular weight is 364 g/mol. The number of piperidine rings is 2. The minimum absolute atomic E-state index is 0.196. The molecule has 5 nitrogen and oxygen atoms in total. The molecule has 1 aromatic heterocycles. The van der Waals surface area contributed by atoms with Crippen molar-refractivity contribution in [2.24, 2.45) is 5.41 Å². The number of amides is 1. The largest absolute Gasteiger partial charge is 0.356 e. The fourth-order valence-electron chi connectivity index (χ4n) is 4.56. The molecule has 1 amide bonds. The zero-order chi connectivity index (χ0) is 18.7. The first-order valence-electron chi connectivity index (χ1n) is 9.99. The van der Waals surface area contributed by atoms with Gasteiger partial charge in [0.15, 0.2) is 0 Å². The number of carbonyl (C=O) groups excluding carboxylic acids is 1. The van der Waals surface area contributed by atoms with Gasteiger partial charge in [0, 0.05) is 49.8 Å². The molecule has 4 rings (SSSR count). The van der Waals surface area contributed by atoms with Gasteiger partial charge < -0.3 is 9.80 Å². The third-order valence-electron chi connectivity index (χ3n) is 6.04. The molecule has 27 heavy (non-hydrogen) atoms. The van der Waals surface area contributed by atoms with E-state index in [0.717, 1.165) is 57.0 Å². The van der Waals surface area contributed by atoms with E-state index in [1.165, 1.54) is 12.0 Å². The zero-order valence-corrected chi connectivity index (χ0v) is 16.1. The van der Waals surface area contributed by atoms with Crippen LogP contribution in [0.3, 0.4) is 0 Å². The van der Waals surface area contributed by atoms with Crippen molar-refractivity contribution in [1.29, 1.82) is 0 Å². The Morgan fingerprint density at radius 1 is 1.11 bits per heavy atom. The second kappa shape index (κ2) is 7.67. The highest BCUT2D eigenvalue weighted by molar-refractivity contribution is 5.77. The predicted molar refractivity (Wildman–Crippen MR) is 107 cm³/mol. The Kier molecular flexibility index (Phi) is 5.10. The lowest BCUT2D eigenvalue weighted by atomic mass is 9.73. The fraction of sp³-hybridized carbons (Fsp3) is 0.500. The lowest BCUT2D eigenvalue weighted by Crippen LogP contribution is -2.54. The van der Waals surface area contributed by atoms with Gasteiger partial charge in [0.2, 0.25) is 5.91 Å². The van der Waals surface area contributed by atoms with E-state index < -0.39 is 0 Å². The van der Waals surface area contributed by atoms with E-state index in [4.69, 9.17) is 0 Å². The van der Waals surface area contributed by atoms with Crippen molar-refractivity contribution in [2.45, 2.75) is 39.0 Å². The third-order valence-corrected chi connectivity index (χ3v) is 6.04. The highest BCUT2D eigenvalue weighted by Gasteiger charge is 2.41. The molecule has 0 bridgehead atoms. The van der Waals surface area contributed by atoms with Gasteiger partial charge in [-0.25, -0.2) is 9.97 Å². The van der Waals surface area contributed by atoms with Crippen molar-refractivity contribution in [3.63, 3.8) is 0 Å². The number of aryl methyl sites for hydroxylation is 1. The molecule has 1 unspecified atom stereocenters. The Labute approximate surface area is 161 Å². The number of nitrogens with zero attached hydrogens (tertiary/aromatic N) is 4. The summed E-state index contributed by atoms with van der Waals surface area (Å²) in [7, 11) is 0. The summed E-state index contributed by atoms with van der Waals surface area (Å²) in [5, 5.41) is 0. The first kappa shape index (κ1) is 18.0. The normalized spacial score (nSPS) is 23.1. The van der Waals surface area contributed by atoms with Crippen molar-refractivity contribution in [3.8, 4) is 0 Å². The Morgan fingerprint density at radius 3 is 2.78 bits per heavy atom. The van der Waals surface area contributed by atoms with Gasteiger partial charge in [-0.2, -0.15) is 0 Å². The summed E-state index contributed by atoms with van der Waals surface area (Å²) in [4.78, 5) is 25.7. The molecule has 0 radical (unpaired) electrons. The smallest absolute Gasteiger partial charge is 0.222 e. The van der Waals surface area contributed by atoms with Crippen LogP contribution < -0.4 is 4.90 Å². The van der Waals surface area contributed by atoms with Crippen LogP contribution in [0.4, 0.5) is 5.82 Å². The van der Waals surface area contributed by atoms with Crippen LogP contribution in [0.15, 0.2) is 42.7 Å². The maximum Gasteiger partial charge on any atom is 0.222 e. The second-order valence-electron chi connectivity index (χ2n) is 8.09.